The molecule has 2 aliphatic heterocycles. The Kier molecular flexibility index (Phi) is 5.73. The van der Waals surface area contributed by atoms with E-state index in [1.54, 1.807) is 19.6 Å². The molecule has 0 N–H and O–H groups in total. The van der Waals surface area contributed by atoms with Gasteiger partial charge in [-0.15, -0.1) is 0 Å². The minimum atomic E-state index is 1.18. The molecule has 0 aromatic heterocycles. The zero-order chi connectivity index (χ0) is 13.1. The van der Waals surface area contributed by atoms with Gasteiger partial charge in [-0.1, -0.05) is 74.7 Å². The van der Waals surface area contributed by atoms with Gasteiger partial charge in [-0.25, -0.2) is 0 Å². The molecular formula is C14H20S4. The van der Waals surface area contributed by atoms with Crippen molar-refractivity contribution >= 4 is 47.0 Å². The maximum Gasteiger partial charge on any atom is 0.0700 e. The minimum Gasteiger partial charge on any atom is -0.0846 e. The van der Waals surface area contributed by atoms with E-state index in [1.807, 2.05) is 47.0 Å². The summed E-state index contributed by atoms with van der Waals surface area (Å²) >= 11 is 8.08. The van der Waals surface area contributed by atoms with E-state index in [2.05, 4.69) is 27.7 Å². The van der Waals surface area contributed by atoms with Crippen LogP contribution in [-0.4, -0.2) is 0 Å². The van der Waals surface area contributed by atoms with Crippen molar-refractivity contribution in [3.8, 4) is 0 Å². The van der Waals surface area contributed by atoms with Gasteiger partial charge in [0.05, 0.1) is 8.47 Å². The smallest absolute Gasteiger partial charge is 0.0700 e. The standard InChI is InChI=1S/C14H20S4/c1-5-9-10(6-2)16-13(15-9)14-17-11(7-3)12(8-4)18-14/h5-8H2,1-4H3. The lowest BCUT2D eigenvalue weighted by Gasteiger charge is -2.02. The molecule has 0 saturated heterocycles. The molecule has 0 spiro atoms. The summed E-state index contributed by atoms with van der Waals surface area (Å²) < 4.78 is 3.07. The maximum absolute atomic E-state index is 2.27. The first kappa shape index (κ1) is 15.0. The monoisotopic (exact) mass is 316 g/mol. The Balaban J connectivity index is 2.14. The molecule has 2 rings (SSSR count). The van der Waals surface area contributed by atoms with Crippen molar-refractivity contribution in [1.82, 2.24) is 0 Å². The third-order valence-electron chi connectivity index (χ3n) is 2.94. The Morgan fingerprint density at radius 3 is 0.889 bits per heavy atom. The number of hydrogen-bond acceptors (Lipinski definition) is 4. The van der Waals surface area contributed by atoms with Crippen LogP contribution in [0.5, 0.6) is 0 Å². The van der Waals surface area contributed by atoms with Crippen LogP contribution in [0.15, 0.2) is 28.1 Å². The summed E-state index contributed by atoms with van der Waals surface area (Å²) in [5.74, 6) is 0. The van der Waals surface area contributed by atoms with Gasteiger partial charge in [-0.05, 0) is 45.3 Å². The van der Waals surface area contributed by atoms with Crippen molar-refractivity contribution in [2.24, 2.45) is 0 Å². The molecule has 0 radical (unpaired) electrons. The van der Waals surface area contributed by atoms with Gasteiger partial charge in [0, 0.05) is 0 Å². The van der Waals surface area contributed by atoms with E-state index < -0.39 is 0 Å². The van der Waals surface area contributed by atoms with E-state index in [4.69, 9.17) is 0 Å². The van der Waals surface area contributed by atoms with Gasteiger partial charge in [0.25, 0.3) is 0 Å². The van der Waals surface area contributed by atoms with Crippen LogP contribution in [0.4, 0.5) is 0 Å². The second kappa shape index (κ2) is 6.87. The molecule has 0 bridgehead atoms. The highest BCUT2D eigenvalue weighted by molar-refractivity contribution is 8.34. The van der Waals surface area contributed by atoms with Gasteiger partial charge in [0.15, 0.2) is 0 Å². The average Bonchev–Trinajstić information content (AvgIpc) is 3.01. The maximum atomic E-state index is 2.27. The summed E-state index contributed by atoms with van der Waals surface area (Å²) in [6.45, 7) is 9.09. The van der Waals surface area contributed by atoms with E-state index in [-0.39, 0.29) is 0 Å². The molecular weight excluding hydrogens is 296 g/mol. The van der Waals surface area contributed by atoms with Crippen LogP contribution in [0.1, 0.15) is 53.4 Å². The Labute approximate surface area is 128 Å². The normalized spacial score (nSPS) is 20.7. The summed E-state index contributed by atoms with van der Waals surface area (Å²) in [6, 6.07) is 0. The van der Waals surface area contributed by atoms with Crippen molar-refractivity contribution in [3.63, 3.8) is 0 Å². The fourth-order valence-electron chi connectivity index (χ4n) is 1.96. The van der Waals surface area contributed by atoms with Crippen molar-refractivity contribution in [2.75, 3.05) is 0 Å². The van der Waals surface area contributed by atoms with Crippen molar-refractivity contribution < 1.29 is 0 Å². The molecule has 0 unspecified atom stereocenters. The van der Waals surface area contributed by atoms with E-state index >= 15 is 0 Å². The van der Waals surface area contributed by atoms with Crippen LogP contribution >= 0.6 is 47.0 Å². The Bertz CT molecular complexity index is 353. The summed E-state index contributed by atoms with van der Waals surface area (Å²) in [5, 5.41) is 0. The lowest BCUT2D eigenvalue weighted by atomic mass is 10.3. The van der Waals surface area contributed by atoms with Gasteiger partial charge in [-0.3, -0.25) is 0 Å². The van der Waals surface area contributed by atoms with Gasteiger partial charge in [-0.2, -0.15) is 0 Å². The highest BCUT2D eigenvalue weighted by Gasteiger charge is 2.27. The first-order valence-electron chi connectivity index (χ1n) is 6.63. The highest BCUT2D eigenvalue weighted by Crippen LogP contribution is 2.61. The quantitative estimate of drug-likeness (QED) is 0.540. The summed E-state index contributed by atoms with van der Waals surface area (Å²) in [7, 11) is 0. The molecule has 0 atom stereocenters. The molecule has 100 valence electrons. The topological polar surface area (TPSA) is 0 Å². The van der Waals surface area contributed by atoms with Gasteiger partial charge < -0.3 is 0 Å². The average molecular weight is 317 g/mol. The first-order chi connectivity index (χ1) is 8.73. The van der Waals surface area contributed by atoms with Crippen LogP contribution < -0.4 is 0 Å². The van der Waals surface area contributed by atoms with Gasteiger partial charge in [0.1, 0.15) is 0 Å². The summed E-state index contributed by atoms with van der Waals surface area (Å²) in [5.41, 5.74) is 0. The van der Waals surface area contributed by atoms with E-state index in [0.29, 0.717) is 0 Å². The molecule has 18 heavy (non-hydrogen) atoms. The fourth-order valence-corrected chi connectivity index (χ4v) is 7.84. The second-order valence-corrected chi connectivity index (χ2v) is 9.03. The molecule has 0 aliphatic carbocycles. The lowest BCUT2D eigenvalue weighted by Crippen LogP contribution is -1.72. The molecule has 0 amide bonds. The van der Waals surface area contributed by atoms with Gasteiger partial charge in [0.2, 0.25) is 0 Å². The third-order valence-corrected chi connectivity index (χ3v) is 9.40. The zero-order valence-electron chi connectivity index (χ0n) is 11.5. The molecule has 0 fully saturated rings. The molecule has 4 heteroatoms. The Morgan fingerprint density at radius 2 is 0.722 bits per heavy atom. The lowest BCUT2D eigenvalue weighted by molar-refractivity contribution is 1.12. The summed E-state index contributed by atoms with van der Waals surface area (Å²) in [4.78, 5) is 6.37. The van der Waals surface area contributed by atoms with E-state index in [9.17, 15) is 0 Å². The number of thioether (sulfide) groups is 4. The third kappa shape index (κ3) is 3.02. The Hall–Kier alpha value is 0.620. The van der Waals surface area contributed by atoms with E-state index in [1.165, 1.54) is 34.2 Å². The molecule has 2 heterocycles. The van der Waals surface area contributed by atoms with Crippen molar-refractivity contribution in [2.45, 2.75) is 53.4 Å². The molecule has 0 aromatic rings. The van der Waals surface area contributed by atoms with Crippen LogP contribution in [0.2, 0.25) is 0 Å². The molecule has 2 aliphatic rings. The van der Waals surface area contributed by atoms with Crippen molar-refractivity contribution in [3.05, 3.63) is 28.1 Å². The number of allylic oxidation sites excluding steroid dienone is 4. The van der Waals surface area contributed by atoms with E-state index in [0.717, 1.165) is 0 Å². The highest BCUT2D eigenvalue weighted by atomic mass is 32.2. The first-order valence-corrected chi connectivity index (χ1v) is 9.89. The minimum absolute atomic E-state index is 1.18. The van der Waals surface area contributed by atoms with Crippen LogP contribution in [-0.2, 0) is 0 Å². The van der Waals surface area contributed by atoms with Crippen molar-refractivity contribution in [1.29, 1.82) is 0 Å². The SMILES string of the molecule is CCC1=C(CC)SC(=C2SC(CC)=C(CC)S2)S1. The Morgan fingerprint density at radius 1 is 0.500 bits per heavy atom. The second-order valence-electron chi connectivity index (χ2n) is 4.09. The number of rotatable bonds is 4. The predicted octanol–water partition coefficient (Wildman–Crippen LogP) is 7.14. The fraction of sp³-hybridized carbons (Fsp3) is 0.571. The summed E-state index contributed by atoms with van der Waals surface area (Å²) in [6.07, 6.45) is 4.73. The molecule has 0 saturated carbocycles. The zero-order valence-corrected chi connectivity index (χ0v) is 14.7. The van der Waals surface area contributed by atoms with Crippen LogP contribution in [0.3, 0.4) is 0 Å². The largest absolute Gasteiger partial charge is 0.0846 e. The van der Waals surface area contributed by atoms with Crippen LogP contribution in [0, 0.1) is 0 Å². The molecule has 0 nitrogen and oxygen atoms in total. The predicted molar refractivity (Wildman–Crippen MR) is 92.6 cm³/mol. The van der Waals surface area contributed by atoms with Gasteiger partial charge >= 0.3 is 0 Å². The van der Waals surface area contributed by atoms with Crippen LogP contribution in [0.25, 0.3) is 0 Å². The number of hydrogen-bond donors (Lipinski definition) is 0. The molecule has 0 aromatic carbocycles.